The SMILES string of the molecule is C[C@H]1CN=C(C(=O)[C@H](C)[C@H]2CC[C@H]3[C@@H]4CC[C@H]5C[C@@H](O)CC[C@]5(C)[C@H]4CC[C@]23C)C1. The Morgan fingerprint density at radius 3 is 2.50 bits per heavy atom. The van der Waals surface area contributed by atoms with Gasteiger partial charge in [-0.25, -0.2) is 0 Å². The van der Waals surface area contributed by atoms with Gasteiger partial charge in [0.2, 0.25) is 0 Å². The Balaban J connectivity index is 1.35. The molecule has 4 fully saturated rings. The zero-order valence-corrected chi connectivity index (χ0v) is 19.7. The Hall–Kier alpha value is -0.700. The van der Waals surface area contributed by atoms with Crippen LogP contribution < -0.4 is 0 Å². The Labute approximate surface area is 183 Å². The third-order valence-corrected chi connectivity index (χ3v) is 11.1. The molecule has 168 valence electrons. The molecule has 0 radical (unpaired) electrons. The number of hydrogen-bond acceptors (Lipinski definition) is 3. The van der Waals surface area contributed by atoms with E-state index >= 15 is 0 Å². The zero-order valence-electron chi connectivity index (χ0n) is 19.7. The molecule has 0 amide bonds. The molecule has 5 aliphatic rings. The van der Waals surface area contributed by atoms with Gasteiger partial charge in [0.25, 0.3) is 0 Å². The molecule has 1 heterocycles. The molecule has 30 heavy (non-hydrogen) atoms. The Morgan fingerprint density at radius 1 is 1.03 bits per heavy atom. The average molecular weight is 414 g/mol. The molecule has 0 aromatic rings. The number of hydrogen-bond donors (Lipinski definition) is 1. The monoisotopic (exact) mass is 413 g/mol. The molecule has 3 heteroatoms. The van der Waals surface area contributed by atoms with Gasteiger partial charge in [-0.1, -0.05) is 27.7 Å². The second-order valence-electron chi connectivity index (χ2n) is 12.6. The van der Waals surface area contributed by atoms with Crippen LogP contribution in [0, 0.1) is 52.3 Å². The highest BCUT2D eigenvalue weighted by Crippen LogP contribution is 2.68. The predicted octanol–water partition coefficient (Wildman–Crippen LogP) is 5.69. The van der Waals surface area contributed by atoms with E-state index in [1.54, 1.807) is 0 Å². The van der Waals surface area contributed by atoms with Gasteiger partial charge in [-0.2, -0.15) is 0 Å². The molecule has 4 aliphatic carbocycles. The van der Waals surface area contributed by atoms with Gasteiger partial charge in [-0.15, -0.1) is 0 Å². The van der Waals surface area contributed by atoms with Crippen LogP contribution in [-0.2, 0) is 4.79 Å². The number of nitrogens with zero attached hydrogens (tertiary/aromatic N) is 1. The summed E-state index contributed by atoms with van der Waals surface area (Å²) in [6, 6.07) is 0. The van der Waals surface area contributed by atoms with Gasteiger partial charge in [0.05, 0.1) is 11.8 Å². The van der Waals surface area contributed by atoms with Crippen LogP contribution in [0.25, 0.3) is 0 Å². The van der Waals surface area contributed by atoms with Crippen molar-refractivity contribution in [1.29, 1.82) is 0 Å². The lowest BCUT2D eigenvalue weighted by Gasteiger charge is -2.61. The molecule has 4 saturated carbocycles. The van der Waals surface area contributed by atoms with Crippen molar-refractivity contribution in [3.63, 3.8) is 0 Å². The molecular weight excluding hydrogens is 370 g/mol. The quantitative estimate of drug-likeness (QED) is 0.646. The van der Waals surface area contributed by atoms with Gasteiger partial charge in [0.15, 0.2) is 5.78 Å². The number of Topliss-reactive ketones (excluding diaryl/α,β-unsaturated/α-hetero) is 1. The largest absolute Gasteiger partial charge is 0.393 e. The maximum Gasteiger partial charge on any atom is 0.179 e. The summed E-state index contributed by atoms with van der Waals surface area (Å²) in [5.74, 6) is 4.79. The zero-order chi connectivity index (χ0) is 21.3. The molecule has 0 saturated heterocycles. The van der Waals surface area contributed by atoms with Crippen molar-refractivity contribution >= 4 is 11.5 Å². The number of ketones is 1. The van der Waals surface area contributed by atoms with E-state index in [4.69, 9.17) is 0 Å². The topological polar surface area (TPSA) is 49.7 Å². The Bertz CT molecular complexity index is 730. The molecule has 3 nitrogen and oxygen atoms in total. The summed E-state index contributed by atoms with van der Waals surface area (Å²) in [4.78, 5) is 17.9. The minimum Gasteiger partial charge on any atom is -0.393 e. The number of aliphatic imine (C=N–C) groups is 1. The predicted molar refractivity (Wildman–Crippen MR) is 121 cm³/mol. The molecule has 10 atom stereocenters. The van der Waals surface area contributed by atoms with Crippen LogP contribution in [0.2, 0.25) is 0 Å². The molecule has 0 aromatic heterocycles. The fourth-order valence-corrected chi connectivity index (χ4v) is 9.45. The Kier molecular flexibility index (Phi) is 5.24. The summed E-state index contributed by atoms with van der Waals surface area (Å²) in [6.45, 7) is 10.4. The normalized spacial score (nSPS) is 51.5. The highest BCUT2D eigenvalue weighted by atomic mass is 16.3. The second kappa shape index (κ2) is 7.42. The van der Waals surface area contributed by atoms with Gasteiger partial charge < -0.3 is 5.11 Å². The second-order valence-corrected chi connectivity index (χ2v) is 12.6. The summed E-state index contributed by atoms with van der Waals surface area (Å²) in [5, 5.41) is 10.3. The smallest absolute Gasteiger partial charge is 0.179 e. The fraction of sp³-hybridized carbons (Fsp3) is 0.926. The minimum absolute atomic E-state index is 0.0579. The lowest BCUT2D eigenvalue weighted by molar-refractivity contribution is -0.133. The molecule has 1 aliphatic heterocycles. The van der Waals surface area contributed by atoms with Gasteiger partial charge in [0, 0.05) is 12.5 Å². The van der Waals surface area contributed by atoms with Crippen molar-refractivity contribution in [2.24, 2.45) is 57.2 Å². The van der Waals surface area contributed by atoms with Gasteiger partial charge >= 0.3 is 0 Å². The summed E-state index contributed by atoms with van der Waals surface area (Å²) in [5.41, 5.74) is 1.67. The number of rotatable bonds is 3. The van der Waals surface area contributed by atoms with Crippen LogP contribution in [-0.4, -0.2) is 29.3 Å². The van der Waals surface area contributed by atoms with E-state index in [-0.39, 0.29) is 12.0 Å². The molecule has 0 spiro atoms. The van der Waals surface area contributed by atoms with Crippen LogP contribution in [0.3, 0.4) is 0 Å². The van der Waals surface area contributed by atoms with Crippen molar-refractivity contribution < 1.29 is 9.90 Å². The number of carbonyl (C=O) groups is 1. The summed E-state index contributed by atoms with van der Waals surface area (Å²) < 4.78 is 0. The van der Waals surface area contributed by atoms with Crippen LogP contribution in [0.1, 0.15) is 91.9 Å². The van der Waals surface area contributed by atoms with E-state index in [0.717, 1.165) is 55.2 Å². The molecular formula is C27H43NO2. The Morgan fingerprint density at radius 2 is 1.77 bits per heavy atom. The lowest BCUT2D eigenvalue weighted by atomic mass is 9.44. The van der Waals surface area contributed by atoms with Crippen LogP contribution in [0.15, 0.2) is 4.99 Å². The number of aliphatic hydroxyl groups is 1. The lowest BCUT2D eigenvalue weighted by Crippen LogP contribution is -2.54. The maximum atomic E-state index is 13.3. The first kappa shape index (κ1) is 21.2. The van der Waals surface area contributed by atoms with Crippen LogP contribution >= 0.6 is 0 Å². The van der Waals surface area contributed by atoms with E-state index in [9.17, 15) is 9.90 Å². The summed E-state index contributed by atoms with van der Waals surface area (Å²) in [6.07, 6.45) is 12.0. The summed E-state index contributed by atoms with van der Waals surface area (Å²) >= 11 is 0. The molecule has 0 bridgehead atoms. The number of aliphatic hydroxyl groups excluding tert-OH is 1. The molecule has 0 unspecified atom stereocenters. The van der Waals surface area contributed by atoms with Crippen LogP contribution in [0.4, 0.5) is 0 Å². The first-order chi connectivity index (χ1) is 14.2. The first-order valence-corrected chi connectivity index (χ1v) is 13.0. The average Bonchev–Trinajstić information content (AvgIpc) is 3.30. The fourth-order valence-electron chi connectivity index (χ4n) is 9.45. The van der Waals surface area contributed by atoms with E-state index < -0.39 is 0 Å². The van der Waals surface area contributed by atoms with E-state index in [0.29, 0.717) is 28.4 Å². The van der Waals surface area contributed by atoms with E-state index in [1.807, 2.05) is 0 Å². The molecule has 0 aromatic carbocycles. The van der Waals surface area contributed by atoms with Crippen molar-refractivity contribution in [2.75, 3.05) is 6.54 Å². The van der Waals surface area contributed by atoms with Crippen molar-refractivity contribution in [1.82, 2.24) is 0 Å². The first-order valence-electron chi connectivity index (χ1n) is 13.0. The van der Waals surface area contributed by atoms with Crippen molar-refractivity contribution in [3.05, 3.63) is 0 Å². The van der Waals surface area contributed by atoms with Crippen molar-refractivity contribution in [2.45, 2.75) is 98.0 Å². The minimum atomic E-state index is -0.0579. The number of fused-ring (bicyclic) bond motifs is 5. The van der Waals surface area contributed by atoms with Crippen LogP contribution in [0.5, 0.6) is 0 Å². The van der Waals surface area contributed by atoms with E-state index in [2.05, 4.69) is 32.7 Å². The standard InChI is InChI=1S/C27H43NO2/c1-16-13-24(28-15-16)25(30)17(2)21-7-8-22-20-6-5-18-14-19(29)9-11-26(18,3)23(20)10-12-27(21,22)4/h16-23,29H,5-15H2,1-4H3/t16-,17-,18+,19+,20+,21-,22+,23+,26+,27-/m1/s1. The molecule has 5 rings (SSSR count). The summed E-state index contributed by atoms with van der Waals surface area (Å²) in [7, 11) is 0. The van der Waals surface area contributed by atoms with Gasteiger partial charge in [-0.05, 0) is 111 Å². The van der Waals surface area contributed by atoms with E-state index in [1.165, 1.54) is 44.9 Å². The maximum absolute atomic E-state index is 13.3. The third-order valence-electron chi connectivity index (χ3n) is 11.1. The highest BCUT2D eigenvalue weighted by Gasteiger charge is 2.61. The van der Waals surface area contributed by atoms with Gasteiger partial charge in [0.1, 0.15) is 0 Å². The molecule has 1 N–H and O–H groups in total. The highest BCUT2D eigenvalue weighted by molar-refractivity contribution is 6.41. The van der Waals surface area contributed by atoms with Gasteiger partial charge in [-0.3, -0.25) is 9.79 Å². The third kappa shape index (κ3) is 3.08. The van der Waals surface area contributed by atoms with Crippen molar-refractivity contribution in [3.8, 4) is 0 Å². The number of carbonyl (C=O) groups excluding carboxylic acids is 1.